The average Bonchev–Trinajstić information content (AvgIpc) is 2.47. The summed E-state index contributed by atoms with van der Waals surface area (Å²) in [5, 5.41) is 6.69. The summed E-state index contributed by atoms with van der Waals surface area (Å²) < 4.78 is 0. The van der Waals surface area contributed by atoms with E-state index in [4.69, 9.17) is 11.6 Å². The summed E-state index contributed by atoms with van der Waals surface area (Å²) in [5.41, 5.74) is 2.47. The molecule has 0 bridgehead atoms. The number of para-hydroxylation sites is 1. The Kier molecular flexibility index (Phi) is 4.64. The monoisotopic (exact) mass is 288 g/mol. The van der Waals surface area contributed by atoms with Crippen molar-refractivity contribution in [3.8, 4) is 0 Å². The molecule has 1 amide bonds. The van der Waals surface area contributed by atoms with Crippen molar-refractivity contribution in [1.82, 2.24) is 5.32 Å². The molecule has 2 N–H and O–H groups in total. The molecular weight excluding hydrogens is 272 g/mol. The summed E-state index contributed by atoms with van der Waals surface area (Å²) in [4.78, 5) is 12.3. The van der Waals surface area contributed by atoms with Crippen molar-refractivity contribution in [1.29, 1.82) is 0 Å². The molecule has 1 atom stereocenters. The van der Waals surface area contributed by atoms with Gasteiger partial charge in [-0.05, 0) is 36.8 Å². The summed E-state index contributed by atoms with van der Waals surface area (Å²) >= 11 is 5.86. The zero-order chi connectivity index (χ0) is 14.5. The van der Waals surface area contributed by atoms with Crippen LogP contribution in [-0.2, 0) is 0 Å². The Balaban J connectivity index is 2.13. The van der Waals surface area contributed by atoms with Crippen LogP contribution >= 0.6 is 11.6 Å². The van der Waals surface area contributed by atoms with E-state index in [2.05, 4.69) is 10.6 Å². The zero-order valence-corrected chi connectivity index (χ0v) is 12.2. The molecule has 0 aromatic heterocycles. The van der Waals surface area contributed by atoms with Crippen LogP contribution in [0.2, 0.25) is 5.02 Å². The molecular formula is C16H17ClN2O. The smallest absolute Gasteiger partial charge is 0.253 e. The lowest BCUT2D eigenvalue weighted by atomic mass is 10.1. The molecule has 0 spiro atoms. The van der Waals surface area contributed by atoms with Gasteiger partial charge in [-0.1, -0.05) is 35.9 Å². The summed E-state index contributed by atoms with van der Waals surface area (Å²) in [6.07, 6.45) is 0. The van der Waals surface area contributed by atoms with Gasteiger partial charge < -0.3 is 10.6 Å². The van der Waals surface area contributed by atoms with Crippen molar-refractivity contribution in [2.45, 2.75) is 13.0 Å². The molecule has 20 heavy (non-hydrogen) atoms. The topological polar surface area (TPSA) is 41.1 Å². The minimum Gasteiger partial charge on any atom is -0.387 e. The number of halogens is 1. The van der Waals surface area contributed by atoms with Crippen LogP contribution in [0.5, 0.6) is 0 Å². The van der Waals surface area contributed by atoms with Crippen LogP contribution in [0.15, 0.2) is 48.5 Å². The van der Waals surface area contributed by atoms with Crippen molar-refractivity contribution >= 4 is 23.2 Å². The minimum atomic E-state index is -0.0996. The van der Waals surface area contributed by atoms with Crippen LogP contribution in [0.4, 0.5) is 5.69 Å². The maximum absolute atomic E-state index is 12.3. The molecule has 0 radical (unpaired) electrons. The molecule has 2 aromatic rings. The van der Waals surface area contributed by atoms with Gasteiger partial charge in [0.1, 0.15) is 0 Å². The van der Waals surface area contributed by atoms with E-state index < -0.39 is 0 Å². The maximum atomic E-state index is 12.3. The molecule has 2 aromatic carbocycles. The van der Waals surface area contributed by atoms with Gasteiger partial charge in [0.05, 0.1) is 11.6 Å². The van der Waals surface area contributed by atoms with Gasteiger partial charge in [-0.25, -0.2) is 0 Å². The van der Waals surface area contributed by atoms with Gasteiger partial charge in [-0.2, -0.15) is 0 Å². The molecule has 0 heterocycles. The minimum absolute atomic E-state index is 0.0790. The lowest BCUT2D eigenvalue weighted by molar-refractivity contribution is 0.0940. The number of amides is 1. The standard InChI is InChI=1S/C16H17ClN2O/c1-11(12-7-9-13(17)10-8-12)19-16(20)14-5-3-4-6-15(14)18-2/h3-11,18H,1-2H3,(H,19,20)/t11-/m0/s1. The number of hydrogen-bond donors (Lipinski definition) is 2. The third-order valence-electron chi connectivity index (χ3n) is 3.16. The van der Waals surface area contributed by atoms with E-state index in [-0.39, 0.29) is 11.9 Å². The predicted octanol–water partition coefficient (Wildman–Crippen LogP) is 3.87. The fraction of sp³-hybridized carbons (Fsp3) is 0.188. The van der Waals surface area contributed by atoms with Crippen LogP contribution in [0.25, 0.3) is 0 Å². The van der Waals surface area contributed by atoms with Crippen molar-refractivity contribution in [3.63, 3.8) is 0 Å². The van der Waals surface area contributed by atoms with Gasteiger partial charge in [0.15, 0.2) is 0 Å². The van der Waals surface area contributed by atoms with Crippen molar-refractivity contribution in [3.05, 3.63) is 64.7 Å². The first-order valence-corrected chi connectivity index (χ1v) is 6.82. The molecule has 0 saturated heterocycles. The number of benzene rings is 2. The first-order valence-electron chi connectivity index (χ1n) is 6.45. The second-order valence-electron chi connectivity index (χ2n) is 4.54. The van der Waals surface area contributed by atoms with Crippen LogP contribution < -0.4 is 10.6 Å². The lowest BCUT2D eigenvalue weighted by Gasteiger charge is -2.16. The summed E-state index contributed by atoms with van der Waals surface area (Å²) in [5.74, 6) is -0.0996. The fourth-order valence-corrected chi connectivity index (χ4v) is 2.13. The molecule has 3 nitrogen and oxygen atoms in total. The van der Waals surface area contributed by atoms with Crippen LogP contribution in [0, 0.1) is 0 Å². The van der Waals surface area contributed by atoms with Crippen molar-refractivity contribution in [2.24, 2.45) is 0 Å². The van der Waals surface area contributed by atoms with E-state index in [1.165, 1.54) is 0 Å². The highest BCUT2D eigenvalue weighted by Gasteiger charge is 2.13. The molecule has 0 aliphatic carbocycles. The number of hydrogen-bond acceptors (Lipinski definition) is 2. The predicted molar refractivity (Wildman–Crippen MR) is 83.3 cm³/mol. The van der Waals surface area contributed by atoms with E-state index in [0.29, 0.717) is 10.6 Å². The first-order chi connectivity index (χ1) is 9.61. The van der Waals surface area contributed by atoms with E-state index in [1.54, 1.807) is 13.1 Å². The Bertz CT molecular complexity index is 596. The lowest BCUT2D eigenvalue weighted by Crippen LogP contribution is -2.27. The summed E-state index contributed by atoms with van der Waals surface area (Å²) in [6.45, 7) is 1.95. The Morgan fingerprint density at radius 2 is 1.75 bits per heavy atom. The molecule has 104 valence electrons. The molecule has 4 heteroatoms. The van der Waals surface area contributed by atoms with Crippen LogP contribution in [-0.4, -0.2) is 13.0 Å². The van der Waals surface area contributed by atoms with Gasteiger partial charge in [0.2, 0.25) is 0 Å². The Labute approximate surface area is 124 Å². The molecule has 0 fully saturated rings. The van der Waals surface area contributed by atoms with Gasteiger partial charge in [-0.3, -0.25) is 4.79 Å². The van der Waals surface area contributed by atoms with E-state index in [1.807, 2.05) is 49.4 Å². The van der Waals surface area contributed by atoms with Gasteiger partial charge >= 0.3 is 0 Å². The Morgan fingerprint density at radius 3 is 2.40 bits per heavy atom. The average molecular weight is 289 g/mol. The highest BCUT2D eigenvalue weighted by atomic mass is 35.5. The van der Waals surface area contributed by atoms with Gasteiger partial charge in [0.25, 0.3) is 5.91 Å². The molecule has 2 rings (SSSR count). The van der Waals surface area contributed by atoms with E-state index in [9.17, 15) is 4.79 Å². The molecule has 0 aliphatic heterocycles. The summed E-state index contributed by atoms with van der Waals surface area (Å²) in [7, 11) is 1.80. The molecule has 0 unspecified atom stereocenters. The quantitative estimate of drug-likeness (QED) is 0.896. The highest BCUT2D eigenvalue weighted by molar-refractivity contribution is 6.30. The highest BCUT2D eigenvalue weighted by Crippen LogP contribution is 2.18. The largest absolute Gasteiger partial charge is 0.387 e. The first kappa shape index (κ1) is 14.4. The second kappa shape index (κ2) is 6.44. The third kappa shape index (κ3) is 3.31. The number of rotatable bonds is 4. The van der Waals surface area contributed by atoms with Crippen LogP contribution in [0.1, 0.15) is 28.9 Å². The Hall–Kier alpha value is -2.00. The zero-order valence-electron chi connectivity index (χ0n) is 11.5. The van der Waals surface area contributed by atoms with Crippen molar-refractivity contribution in [2.75, 3.05) is 12.4 Å². The molecule has 0 saturated carbocycles. The number of carbonyl (C=O) groups excluding carboxylic acids is 1. The second-order valence-corrected chi connectivity index (χ2v) is 4.98. The number of anilines is 1. The SMILES string of the molecule is CNc1ccccc1C(=O)N[C@@H](C)c1ccc(Cl)cc1. The van der Waals surface area contributed by atoms with Gasteiger partial charge in [0, 0.05) is 17.8 Å². The van der Waals surface area contributed by atoms with Crippen LogP contribution in [0.3, 0.4) is 0 Å². The number of nitrogens with one attached hydrogen (secondary N) is 2. The Morgan fingerprint density at radius 1 is 1.10 bits per heavy atom. The van der Waals surface area contributed by atoms with Crippen molar-refractivity contribution < 1.29 is 4.79 Å². The van der Waals surface area contributed by atoms with Gasteiger partial charge in [-0.15, -0.1) is 0 Å². The summed E-state index contributed by atoms with van der Waals surface area (Å²) in [6, 6.07) is 14.8. The third-order valence-corrected chi connectivity index (χ3v) is 3.41. The maximum Gasteiger partial charge on any atom is 0.253 e. The fourth-order valence-electron chi connectivity index (χ4n) is 2.01. The van der Waals surface area contributed by atoms with E-state index >= 15 is 0 Å². The normalized spacial score (nSPS) is 11.8. The van der Waals surface area contributed by atoms with E-state index in [0.717, 1.165) is 11.3 Å². The number of carbonyl (C=O) groups is 1. The molecule has 0 aliphatic rings.